The van der Waals surface area contributed by atoms with Crippen LogP contribution in [-0.4, -0.2) is 51.7 Å². The Hall–Kier alpha value is -1.14. The maximum Gasteiger partial charge on any atom is 0.326 e. The van der Waals surface area contributed by atoms with Crippen LogP contribution in [0.15, 0.2) is 0 Å². The Bertz CT molecular complexity index is 333. The molecule has 4 N–H and O–H groups in total. The van der Waals surface area contributed by atoms with E-state index in [1.165, 1.54) is 4.90 Å². The highest BCUT2D eigenvalue weighted by atomic mass is 16.4. The molecule has 0 aromatic carbocycles. The molecule has 1 aliphatic heterocycles. The summed E-state index contributed by atoms with van der Waals surface area (Å²) in [6.07, 6.45) is 1.55. The van der Waals surface area contributed by atoms with Gasteiger partial charge in [-0.25, -0.2) is 4.79 Å². The number of hydrogen-bond donors (Lipinski definition) is 3. The molecule has 6 heteroatoms. The third kappa shape index (κ3) is 2.42. The maximum absolute atomic E-state index is 12.1. The van der Waals surface area contributed by atoms with Gasteiger partial charge in [0, 0.05) is 24.9 Å². The third-order valence-electron chi connectivity index (χ3n) is 3.67. The van der Waals surface area contributed by atoms with Crippen molar-refractivity contribution in [2.24, 2.45) is 11.7 Å². The van der Waals surface area contributed by atoms with E-state index in [1.54, 1.807) is 0 Å². The molecule has 17 heavy (non-hydrogen) atoms. The van der Waals surface area contributed by atoms with E-state index in [2.05, 4.69) is 0 Å². The highest BCUT2D eigenvalue weighted by molar-refractivity contribution is 5.86. The van der Waals surface area contributed by atoms with Crippen LogP contribution in [0.5, 0.6) is 0 Å². The second-order valence-corrected chi connectivity index (χ2v) is 5.00. The van der Waals surface area contributed by atoms with Crippen molar-refractivity contribution in [1.82, 2.24) is 4.90 Å². The maximum atomic E-state index is 12.1. The Morgan fingerprint density at radius 2 is 1.94 bits per heavy atom. The van der Waals surface area contributed by atoms with E-state index >= 15 is 0 Å². The summed E-state index contributed by atoms with van der Waals surface area (Å²) in [5.41, 5.74) is 5.75. The van der Waals surface area contributed by atoms with Crippen LogP contribution in [0.3, 0.4) is 0 Å². The second-order valence-electron chi connectivity index (χ2n) is 5.00. The van der Waals surface area contributed by atoms with Crippen LogP contribution >= 0.6 is 0 Å². The van der Waals surface area contributed by atoms with Gasteiger partial charge in [-0.2, -0.15) is 0 Å². The number of rotatable bonds is 2. The van der Waals surface area contributed by atoms with Crippen molar-refractivity contribution in [3.63, 3.8) is 0 Å². The molecular weight excluding hydrogens is 224 g/mol. The fourth-order valence-electron chi connectivity index (χ4n) is 2.77. The predicted octanol–water partition coefficient (Wildman–Crippen LogP) is -0.840. The molecule has 0 radical (unpaired) electrons. The van der Waals surface area contributed by atoms with E-state index in [4.69, 9.17) is 10.8 Å². The normalized spacial score (nSPS) is 37.4. The van der Waals surface area contributed by atoms with Gasteiger partial charge in [0.25, 0.3) is 0 Å². The monoisotopic (exact) mass is 242 g/mol. The zero-order valence-corrected chi connectivity index (χ0v) is 9.58. The molecule has 96 valence electrons. The fraction of sp³-hybridized carbons (Fsp3) is 0.818. The number of aliphatic hydroxyl groups excluding tert-OH is 1. The lowest BCUT2D eigenvalue weighted by atomic mass is 10.1. The van der Waals surface area contributed by atoms with Crippen molar-refractivity contribution in [2.45, 2.75) is 43.9 Å². The van der Waals surface area contributed by atoms with Crippen molar-refractivity contribution in [3.05, 3.63) is 0 Å². The summed E-state index contributed by atoms with van der Waals surface area (Å²) < 4.78 is 0. The molecule has 1 heterocycles. The number of β-amino-alcohol motifs (C(OH)–C–C–N with tert-alkyl or cyclic N) is 1. The van der Waals surface area contributed by atoms with Gasteiger partial charge >= 0.3 is 5.97 Å². The molecule has 1 aliphatic carbocycles. The molecule has 1 saturated heterocycles. The molecule has 0 aromatic rings. The first kappa shape index (κ1) is 12.3. The van der Waals surface area contributed by atoms with Crippen molar-refractivity contribution in [2.75, 3.05) is 6.54 Å². The summed E-state index contributed by atoms with van der Waals surface area (Å²) in [4.78, 5) is 24.5. The lowest BCUT2D eigenvalue weighted by molar-refractivity contribution is -0.149. The van der Waals surface area contributed by atoms with Crippen LogP contribution < -0.4 is 5.73 Å². The Labute approximate surface area is 99.4 Å². The lowest BCUT2D eigenvalue weighted by Crippen LogP contribution is -2.43. The SMILES string of the molecule is NC1CCC(C(=O)N2C[C@H](O)C[C@H]2C(=O)O)C1. The average Bonchev–Trinajstić information content (AvgIpc) is 2.83. The molecule has 2 fully saturated rings. The van der Waals surface area contributed by atoms with Crippen LogP contribution in [-0.2, 0) is 9.59 Å². The van der Waals surface area contributed by atoms with E-state index in [1.807, 2.05) is 0 Å². The van der Waals surface area contributed by atoms with Crippen LogP contribution in [0.1, 0.15) is 25.7 Å². The van der Waals surface area contributed by atoms with Crippen LogP contribution in [0, 0.1) is 5.92 Å². The molecule has 4 atom stereocenters. The highest BCUT2D eigenvalue weighted by Gasteiger charge is 2.42. The van der Waals surface area contributed by atoms with E-state index in [0.717, 1.165) is 12.8 Å². The van der Waals surface area contributed by atoms with Gasteiger partial charge in [0.1, 0.15) is 6.04 Å². The minimum Gasteiger partial charge on any atom is -0.480 e. The summed E-state index contributed by atoms with van der Waals surface area (Å²) in [7, 11) is 0. The fourth-order valence-corrected chi connectivity index (χ4v) is 2.77. The highest BCUT2D eigenvalue weighted by Crippen LogP contribution is 2.29. The molecule has 1 amide bonds. The van der Waals surface area contributed by atoms with Crippen molar-refractivity contribution in [1.29, 1.82) is 0 Å². The molecule has 0 spiro atoms. The van der Waals surface area contributed by atoms with Gasteiger partial charge in [0.2, 0.25) is 5.91 Å². The van der Waals surface area contributed by atoms with Gasteiger partial charge in [-0.05, 0) is 19.3 Å². The largest absolute Gasteiger partial charge is 0.480 e. The molecular formula is C11H18N2O4. The number of carbonyl (C=O) groups is 2. The van der Waals surface area contributed by atoms with Crippen molar-refractivity contribution in [3.8, 4) is 0 Å². The Morgan fingerprint density at radius 1 is 1.24 bits per heavy atom. The van der Waals surface area contributed by atoms with E-state index < -0.39 is 18.1 Å². The minimum absolute atomic E-state index is 0.0414. The Morgan fingerprint density at radius 3 is 2.47 bits per heavy atom. The van der Waals surface area contributed by atoms with Crippen LogP contribution in [0.2, 0.25) is 0 Å². The quantitative estimate of drug-likeness (QED) is 0.585. The number of aliphatic carboxylic acids is 1. The van der Waals surface area contributed by atoms with E-state index in [9.17, 15) is 14.7 Å². The minimum atomic E-state index is -1.04. The van der Waals surface area contributed by atoms with Gasteiger partial charge in [-0.1, -0.05) is 0 Å². The molecule has 2 rings (SSSR count). The molecule has 6 nitrogen and oxygen atoms in total. The summed E-state index contributed by atoms with van der Waals surface area (Å²) in [6.45, 7) is 0.127. The van der Waals surface area contributed by atoms with Gasteiger partial charge in [-0.15, -0.1) is 0 Å². The zero-order chi connectivity index (χ0) is 12.6. The van der Waals surface area contributed by atoms with E-state index in [-0.39, 0.29) is 30.8 Å². The molecule has 0 bridgehead atoms. The number of amides is 1. The first-order chi connectivity index (χ1) is 7.99. The third-order valence-corrected chi connectivity index (χ3v) is 3.67. The van der Waals surface area contributed by atoms with Crippen molar-refractivity contribution >= 4 is 11.9 Å². The Kier molecular flexibility index (Phi) is 3.35. The van der Waals surface area contributed by atoms with Crippen molar-refractivity contribution < 1.29 is 19.8 Å². The standard InChI is InChI=1S/C11H18N2O4/c12-7-2-1-6(3-7)10(15)13-5-8(14)4-9(13)11(16)17/h6-9,14H,1-5,12H2,(H,16,17)/t6?,7?,8-,9+/m1/s1. The first-order valence-corrected chi connectivity index (χ1v) is 5.96. The smallest absolute Gasteiger partial charge is 0.326 e. The molecule has 1 saturated carbocycles. The van der Waals surface area contributed by atoms with Crippen LogP contribution in [0.25, 0.3) is 0 Å². The first-order valence-electron chi connectivity index (χ1n) is 5.96. The number of carboxylic acids is 1. The number of likely N-dealkylation sites (tertiary alicyclic amines) is 1. The number of carbonyl (C=O) groups excluding carboxylic acids is 1. The second kappa shape index (κ2) is 4.62. The van der Waals surface area contributed by atoms with Crippen LogP contribution in [0.4, 0.5) is 0 Å². The van der Waals surface area contributed by atoms with Gasteiger partial charge in [-0.3, -0.25) is 4.79 Å². The lowest BCUT2D eigenvalue weighted by Gasteiger charge is -2.24. The summed E-state index contributed by atoms with van der Waals surface area (Å²) >= 11 is 0. The molecule has 0 aromatic heterocycles. The van der Waals surface area contributed by atoms with Gasteiger partial charge in [0.15, 0.2) is 0 Å². The summed E-state index contributed by atoms with van der Waals surface area (Å²) in [5.74, 6) is -1.38. The summed E-state index contributed by atoms with van der Waals surface area (Å²) in [6, 6.07) is -0.839. The van der Waals surface area contributed by atoms with Gasteiger partial charge < -0.3 is 20.8 Å². The number of nitrogens with zero attached hydrogens (tertiary/aromatic N) is 1. The number of nitrogens with two attached hydrogens (primary N) is 1. The van der Waals surface area contributed by atoms with Gasteiger partial charge in [0.05, 0.1) is 6.10 Å². The van der Waals surface area contributed by atoms with E-state index in [0.29, 0.717) is 6.42 Å². The topological polar surface area (TPSA) is 104 Å². The Balaban J connectivity index is 2.05. The number of aliphatic hydroxyl groups is 1. The number of hydrogen-bond acceptors (Lipinski definition) is 4. The zero-order valence-electron chi connectivity index (χ0n) is 9.58. The number of carboxylic acid groups (broad SMARTS) is 1. The predicted molar refractivity (Wildman–Crippen MR) is 59.1 cm³/mol. The average molecular weight is 242 g/mol. The summed E-state index contributed by atoms with van der Waals surface area (Å²) in [5, 5.41) is 18.5. The molecule has 2 unspecified atom stereocenters. The molecule has 2 aliphatic rings.